The molecule has 3 heteroatoms. The van der Waals surface area contributed by atoms with E-state index in [0.717, 1.165) is 28.8 Å². The zero-order valence-corrected chi connectivity index (χ0v) is 11.5. The summed E-state index contributed by atoms with van der Waals surface area (Å²) in [4.78, 5) is 6.61. The van der Waals surface area contributed by atoms with E-state index in [2.05, 4.69) is 35.0 Å². The van der Waals surface area contributed by atoms with Crippen LogP contribution < -0.4 is 4.74 Å². The maximum atomic E-state index is 5.93. The zero-order chi connectivity index (χ0) is 13.1. The van der Waals surface area contributed by atoms with Gasteiger partial charge in [-0.2, -0.15) is 0 Å². The van der Waals surface area contributed by atoms with Crippen LogP contribution in [-0.4, -0.2) is 37.1 Å². The molecule has 0 aliphatic carbocycles. The lowest BCUT2D eigenvalue weighted by atomic mass is 10.1. The monoisotopic (exact) mass is 244 g/mol. The van der Waals surface area contributed by atoms with Gasteiger partial charge < -0.3 is 9.64 Å². The molecule has 0 bridgehead atoms. The van der Waals surface area contributed by atoms with E-state index >= 15 is 0 Å². The molecule has 0 radical (unpaired) electrons. The van der Waals surface area contributed by atoms with Gasteiger partial charge in [0.25, 0.3) is 0 Å². The van der Waals surface area contributed by atoms with Gasteiger partial charge in [0.05, 0.1) is 5.52 Å². The van der Waals surface area contributed by atoms with E-state index in [1.54, 1.807) is 0 Å². The van der Waals surface area contributed by atoms with Crippen molar-refractivity contribution >= 4 is 10.9 Å². The second-order valence-electron chi connectivity index (χ2n) is 4.89. The smallest absolute Gasteiger partial charge is 0.133 e. The summed E-state index contributed by atoms with van der Waals surface area (Å²) in [5.41, 5.74) is 3.31. The number of hydrogen-bond donors (Lipinski definition) is 0. The molecule has 0 N–H and O–H groups in total. The summed E-state index contributed by atoms with van der Waals surface area (Å²) in [6.07, 6.45) is 1.89. The molecule has 2 rings (SSSR count). The number of aryl methyl sites for hydroxylation is 2. The quantitative estimate of drug-likeness (QED) is 0.827. The number of pyridine rings is 1. The molecule has 3 nitrogen and oxygen atoms in total. The Kier molecular flexibility index (Phi) is 3.82. The lowest BCUT2D eigenvalue weighted by Gasteiger charge is -2.15. The van der Waals surface area contributed by atoms with Gasteiger partial charge in [0.15, 0.2) is 0 Å². The van der Waals surface area contributed by atoms with E-state index in [1.807, 2.05) is 27.2 Å². The average Bonchev–Trinajstić information content (AvgIpc) is 2.32. The van der Waals surface area contributed by atoms with E-state index in [4.69, 9.17) is 4.74 Å². The minimum Gasteiger partial charge on any atom is -0.491 e. The van der Waals surface area contributed by atoms with Crippen LogP contribution in [0, 0.1) is 13.8 Å². The fourth-order valence-electron chi connectivity index (χ4n) is 1.97. The maximum Gasteiger partial charge on any atom is 0.133 e. The predicted octanol–water partition coefficient (Wildman–Crippen LogP) is 2.79. The second-order valence-corrected chi connectivity index (χ2v) is 4.89. The summed E-state index contributed by atoms with van der Waals surface area (Å²) in [6, 6.07) is 6.21. The highest BCUT2D eigenvalue weighted by molar-refractivity contribution is 5.88. The van der Waals surface area contributed by atoms with Crippen LogP contribution in [0.2, 0.25) is 0 Å². The first-order valence-electron chi connectivity index (χ1n) is 6.22. The second kappa shape index (κ2) is 5.36. The summed E-state index contributed by atoms with van der Waals surface area (Å²) < 4.78 is 5.93. The number of para-hydroxylation sites is 1. The van der Waals surface area contributed by atoms with Gasteiger partial charge in [-0.1, -0.05) is 12.1 Å². The van der Waals surface area contributed by atoms with Crippen LogP contribution in [0.4, 0.5) is 0 Å². The van der Waals surface area contributed by atoms with Crippen LogP contribution >= 0.6 is 0 Å². The van der Waals surface area contributed by atoms with Crippen molar-refractivity contribution in [3.8, 4) is 5.75 Å². The molecular weight excluding hydrogens is 224 g/mol. The molecule has 0 amide bonds. The van der Waals surface area contributed by atoms with Crippen LogP contribution in [0.3, 0.4) is 0 Å². The molecule has 0 saturated carbocycles. The third kappa shape index (κ3) is 2.62. The number of fused-ring (bicyclic) bond motifs is 1. The Morgan fingerprint density at radius 2 is 1.94 bits per heavy atom. The van der Waals surface area contributed by atoms with Gasteiger partial charge in [-0.25, -0.2) is 0 Å². The first-order chi connectivity index (χ1) is 8.59. The van der Waals surface area contributed by atoms with Gasteiger partial charge in [-0.15, -0.1) is 0 Å². The SMILES string of the molecule is Cc1cnc2c(C)cccc2c1OCCN(C)C. The van der Waals surface area contributed by atoms with E-state index in [1.165, 1.54) is 5.56 Å². The van der Waals surface area contributed by atoms with Crippen molar-refractivity contribution in [1.82, 2.24) is 9.88 Å². The Morgan fingerprint density at radius 3 is 2.67 bits per heavy atom. The largest absolute Gasteiger partial charge is 0.491 e. The van der Waals surface area contributed by atoms with Crippen LogP contribution in [-0.2, 0) is 0 Å². The number of ether oxygens (including phenoxy) is 1. The summed E-state index contributed by atoms with van der Waals surface area (Å²) in [5, 5.41) is 1.11. The minimum absolute atomic E-state index is 0.695. The first-order valence-corrected chi connectivity index (χ1v) is 6.22. The van der Waals surface area contributed by atoms with Crippen LogP contribution in [0.25, 0.3) is 10.9 Å². The third-order valence-corrected chi connectivity index (χ3v) is 3.01. The van der Waals surface area contributed by atoms with E-state index in [0.29, 0.717) is 6.61 Å². The first kappa shape index (κ1) is 12.8. The highest BCUT2D eigenvalue weighted by atomic mass is 16.5. The van der Waals surface area contributed by atoms with Crippen LogP contribution in [0.15, 0.2) is 24.4 Å². The Hall–Kier alpha value is -1.61. The molecule has 0 atom stereocenters. The molecule has 0 aliphatic heterocycles. The number of likely N-dealkylation sites (N-methyl/N-ethyl adjacent to an activating group) is 1. The van der Waals surface area contributed by atoms with E-state index in [-0.39, 0.29) is 0 Å². The van der Waals surface area contributed by atoms with Gasteiger partial charge in [-0.3, -0.25) is 4.98 Å². The third-order valence-electron chi connectivity index (χ3n) is 3.01. The molecule has 0 unspecified atom stereocenters. The Bertz CT molecular complexity index is 549. The molecule has 96 valence electrons. The fourth-order valence-corrected chi connectivity index (χ4v) is 1.97. The molecule has 1 aromatic heterocycles. The fraction of sp³-hybridized carbons (Fsp3) is 0.400. The highest BCUT2D eigenvalue weighted by Gasteiger charge is 2.08. The summed E-state index contributed by atoms with van der Waals surface area (Å²) in [6.45, 7) is 5.73. The van der Waals surface area contributed by atoms with Gasteiger partial charge in [0.2, 0.25) is 0 Å². The topological polar surface area (TPSA) is 25.4 Å². The number of nitrogens with zero attached hydrogens (tertiary/aromatic N) is 2. The number of aromatic nitrogens is 1. The zero-order valence-electron chi connectivity index (χ0n) is 11.5. The average molecular weight is 244 g/mol. The lowest BCUT2D eigenvalue weighted by Crippen LogP contribution is -2.19. The van der Waals surface area contributed by atoms with Gasteiger partial charge in [0.1, 0.15) is 12.4 Å². The molecule has 0 fully saturated rings. The van der Waals surface area contributed by atoms with Crippen molar-refractivity contribution in [2.75, 3.05) is 27.2 Å². The molecule has 0 aliphatic rings. The predicted molar refractivity (Wildman–Crippen MR) is 75.3 cm³/mol. The number of hydrogen-bond acceptors (Lipinski definition) is 3. The van der Waals surface area contributed by atoms with Gasteiger partial charge >= 0.3 is 0 Å². The number of rotatable bonds is 4. The van der Waals surface area contributed by atoms with Gasteiger partial charge in [-0.05, 0) is 39.6 Å². The normalized spacial score (nSPS) is 11.2. The molecule has 2 aromatic rings. The molecular formula is C15H20N2O. The molecule has 1 aromatic carbocycles. The van der Waals surface area contributed by atoms with E-state index in [9.17, 15) is 0 Å². The molecule has 0 spiro atoms. The van der Waals surface area contributed by atoms with Crippen molar-refractivity contribution in [2.45, 2.75) is 13.8 Å². The lowest BCUT2D eigenvalue weighted by molar-refractivity contribution is 0.262. The van der Waals surface area contributed by atoms with Crippen molar-refractivity contribution in [3.05, 3.63) is 35.5 Å². The summed E-state index contributed by atoms with van der Waals surface area (Å²) in [7, 11) is 4.09. The van der Waals surface area contributed by atoms with Crippen molar-refractivity contribution in [3.63, 3.8) is 0 Å². The van der Waals surface area contributed by atoms with Gasteiger partial charge in [0, 0.05) is 23.7 Å². The Morgan fingerprint density at radius 1 is 1.17 bits per heavy atom. The molecule has 18 heavy (non-hydrogen) atoms. The van der Waals surface area contributed by atoms with Crippen molar-refractivity contribution < 1.29 is 4.74 Å². The number of benzene rings is 1. The standard InChI is InChI=1S/C15H20N2O/c1-11-6-5-7-13-14(11)16-10-12(2)15(13)18-9-8-17(3)4/h5-7,10H,8-9H2,1-4H3. The highest BCUT2D eigenvalue weighted by Crippen LogP contribution is 2.29. The maximum absolute atomic E-state index is 5.93. The summed E-state index contributed by atoms with van der Waals surface area (Å²) >= 11 is 0. The molecule has 1 heterocycles. The van der Waals surface area contributed by atoms with Crippen LogP contribution in [0.1, 0.15) is 11.1 Å². The van der Waals surface area contributed by atoms with Crippen molar-refractivity contribution in [1.29, 1.82) is 0 Å². The van der Waals surface area contributed by atoms with Crippen molar-refractivity contribution in [2.24, 2.45) is 0 Å². The van der Waals surface area contributed by atoms with E-state index < -0.39 is 0 Å². The Labute approximate surface area is 108 Å². The minimum atomic E-state index is 0.695. The molecule has 0 saturated heterocycles. The summed E-state index contributed by atoms with van der Waals surface area (Å²) in [5.74, 6) is 0.963. The van der Waals surface area contributed by atoms with Crippen LogP contribution in [0.5, 0.6) is 5.75 Å². The Balaban J connectivity index is 2.36.